The van der Waals surface area contributed by atoms with Gasteiger partial charge >= 0.3 is 18.9 Å². The van der Waals surface area contributed by atoms with Gasteiger partial charge in [0.2, 0.25) is 0 Å². The molecule has 0 unspecified atom stereocenters. The van der Waals surface area contributed by atoms with Crippen molar-refractivity contribution in [3.63, 3.8) is 0 Å². The molecule has 1 nitrogen and oxygen atoms in total. The van der Waals surface area contributed by atoms with Crippen LogP contribution in [0.2, 0.25) is 0 Å². The van der Waals surface area contributed by atoms with E-state index in [9.17, 15) is 5.11 Å². The van der Waals surface area contributed by atoms with Crippen LogP contribution in [0.5, 0.6) is 5.75 Å². The zero-order valence-electron chi connectivity index (χ0n) is 15.8. The summed E-state index contributed by atoms with van der Waals surface area (Å²) in [5.74, 6) is 0.205. The van der Waals surface area contributed by atoms with Crippen LogP contribution in [0, 0.1) is 0 Å². The van der Waals surface area contributed by atoms with Crippen LogP contribution in [0.1, 0.15) is 36.1 Å². The Bertz CT molecular complexity index is 839. The second-order valence-electron chi connectivity index (χ2n) is 6.20. The molecule has 3 aromatic rings. The Morgan fingerprint density at radius 2 is 1.19 bits per heavy atom. The number of benzene rings is 3. The third kappa shape index (κ3) is 4.70. The molecule has 0 spiro atoms. The van der Waals surface area contributed by atoms with Crippen LogP contribution in [0.25, 0.3) is 23.3 Å². The summed E-state index contributed by atoms with van der Waals surface area (Å²) >= 11 is 0. The number of hydrogen-bond acceptors (Lipinski definition) is 1. The standard InChI is InChI=1S/C24H24O.Li/c1-3-20-16-23(17-21(4-2)24(20)25)22-14-12-19(13-15-22)11-10-18-8-6-5-7-9-18;/h5-17,25H,3-4H2,1-2H3;/q;+1/p-1/b11-10+;. The summed E-state index contributed by atoms with van der Waals surface area (Å²) in [5, 5.41) is 12.3. The van der Waals surface area contributed by atoms with Gasteiger partial charge in [0.15, 0.2) is 0 Å². The van der Waals surface area contributed by atoms with Crippen molar-refractivity contribution in [1.29, 1.82) is 0 Å². The van der Waals surface area contributed by atoms with Gasteiger partial charge in [0.05, 0.1) is 0 Å². The molecule has 2 heteroatoms. The van der Waals surface area contributed by atoms with E-state index in [0.29, 0.717) is 0 Å². The van der Waals surface area contributed by atoms with Gasteiger partial charge in [0, 0.05) is 0 Å². The van der Waals surface area contributed by atoms with E-state index >= 15 is 0 Å². The molecule has 0 radical (unpaired) electrons. The molecule has 0 bridgehead atoms. The van der Waals surface area contributed by atoms with E-state index in [0.717, 1.165) is 35.1 Å². The fourth-order valence-electron chi connectivity index (χ4n) is 2.99. The Morgan fingerprint density at radius 3 is 1.69 bits per heavy atom. The topological polar surface area (TPSA) is 23.1 Å². The van der Waals surface area contributed by atoms with Crippen molar-refractivity contribution in [2.24, 2.45) is 0 Å². The molecule has 0 N–H and O–H groups in total. The van der Waals surface area contributed by atoms with Gasteiger partial charge in [0.1, 0.15) is 0 Å². The van der Waals surface area contributed by atoms with Crippen LogP contribution in [-0.2, 0) is 12.8 Å². The molecule has 0 saturated heterocycles. The van der Waals surface area contributed by atoms with Gasteiger partial charge in [-0.05, 0) is 35.1 Å². The zero-order valence-corrected chi connectivity index (χ0v) is 15.8. The normalized spacial score (nSPS) is 10.7. The number of hydrogen-bond donors (Lipinski definition) is 0. The Kier molecular flexibility index (Phi) is 7.34. The predicted octanol–water partition coefficient (Wildman–Crippen LogP) is 2.73. The number of aryl methyl sites for hydroxylation is 2. The third-order valence-corrected chi connectivity index (χ3v) is 4.52. The maximum absolute atomic E-state index is 12.3. The van der Waals surface area contributed by atoms with E-state index in [1.807, 2.05) is 44.2 Å². The molecule has 0 aliphatic heterocycles. The molecular formula is C24H23LiO. The van der Waals surface area contributed by atoms with Gasteiger partial charge < -0.3 is 5.11 Å². The van der Waals surface area contributed by atoms with Crippen LogP contribution in [0.3, 0.4) is 0 Å². The molecule has 0 atom stereocenters. The third-order valence-electron chi connectivity index (χ3n) is 4.52. The molecule has 26 heavy (non-hydrogen) atoms. The van der Waals surface area contributed by atoms with Crippen molar-refractivity contribution >= 4 is 12.2 Å². The van der Waals surface area contributed by atoms with E-state index in [-0.39, 0.29) is 24.6 Å². The maximum Gasteiger partial charge on any atom is 1.00 e. The quantitative estimate of drug-likeness (QED) is 0.520. The average molecular weight is 334 g/mol. The van der Waals surface area contributed by atoms with Crippen molar-refractivity contribution in [2.75, 3.05) is 0 Å². The van der Waals surface area contributed by atoms with Crippen molar-refractivity contribution in [3.05, 3.63) is 89.0 Å². The molecular weight excluding hydrogens is 311 g/mol. The minimum absolute atomic E-state index is 0. The maximum atomic E-state index is 12.3. The van der Waals surface area contributed by atoms with Gasteiger partial charge in [0.25, 0.3) is 0 Å². The summed E-state index contributed by atoms with van der Waals surface area (Å²) in [7, 11) is 0. The van der Waals surface area contributed by atoms with Crippen LogP contribution in [0.4, 0.5) is 0 Å². The SMILES string of the molecule is CCc1cc(-c2ccc(/C=C/c3ccccc3)cc2)cc(CC)c1[O-].[Li+]. The molecule has 0 aliphatic carbocycles. The predicted molar refractivity (Wildman–Crippen MR) is 105 cm³/mol. The Labute approximate surface area is 168 Å². The Hall–Kier alpha value is -2.20. The van der Waals surface area contributed by atoms with Gasteiger partial charge in [-0.15, -0.1) is 5.75 Å². The van der Waals surface area contributed by atoms with Crippen molar-refractivity contribution in [1.82, 2.24) is 0 Å². The minimum Gasteiger partial charge on any atom is -0.872 e. The summed E-state index contributed by atoms with van der Waals surface area (Å²) in [6, 6.07) is 22.9. The van der Waals surface area contributed by atoms with Gasteiger partial charge in [-0.3, -0.25) is 0 Å². The first-order chi connectivity index (χ1) is 12.2. The van der Waals surface area contributed by atoms with E-state index in [2.05, 4.69) is 48.6 Å². The number of rotatable bonds is 5. The van der Waals surface area contributed by atoms with Crippen LogP contribution in [-0.4, -0.2) is 0 Å². The van der Waals surface area contributed by atoms with Crippen LogP contribution < -0.4 is 24.0 Å². The molecule has 0 saturated carbocycles. The van der Waals surface area contributed by atoms with E-state index in [1.165, 1.54) is 11.1 Å². The summed E-state index contributed by atoms with van der Waals surface area (Å²) < 4.78 is 0. The van der Waals surface area contributed by atoms with Crippen molar-refractivity contribution < 1.29 is 24.0 Å². The molecule has 0 heterocycles. The van der Waals surface area contributed by atoms with Gasteiger partial charge in [-0.2, -0.15) is 0 Å². The van der Waals surface area contributed by atoms with Crippen molar-refractivity contribution in [3.8, 4) is 16.9 Å². The molecule has 0 fully saturated rings. The Balaban J connectivity index is 0.00000243. The molecule has 0 amide bonds. The van der Waals surface area contributed by atoms with Crippen LogP contribution in [0.15, 0.2) is 66.7 Å². The fraction of sp³-hybridized carbons (Fsp3) is 0.167. The van der Waals surface area contributed by atoms with Crippen LogP contribution >= 0.6 is 0 Å². The summed E-state index contributed by atoms with van der Waals surface area (Å²) in [6.07, 6.45) is 5.79. The van der Waals surface area contributed by atoms with E-state index in [1.54, 1.807) is 0 Å². The minimum atomic E-state index is 0. The molecule has 3 rings (SSSR count). The molecule has 0 aromatic heterocycles. The molecule has 3 aromatic carbocycles. The van der Waals surface area contributed by atoms with E-state index in [4.69, 9.17) is 0 Å². The fourth-order valence-corrected chi connectivity index (χ4v) is 2.99. The zero-order chi connectivity index (χ0) is 17.6. The second kappa shape index (κ2) is 9.48. The monoisotopic (exact) mass is 334 g/mol. The smallest absolute Gasteiger partial charge is 0.872 e. The summed E-state index contributed by atoms with van der Waals surface area (Å²) in [6.45, 7) is 4.08. The molecule has 0 aliphatic rings. The van der Waals surface area contributed by atoms with Gasteiger partial charge in [-0.1, -0.05) is 104 Å². The largest absolute Gasteiger partial charge is 1.00 e. The second-order valence-corrected chi connectivity index (χ2v) is 6.20. The first kappa shape index (κ1) is 20.1. The first-order valence-electron chi connectivity index (χ1n) is 8.87. The summed E-state index contributed by atoms with van der Waals surface area (Å²) in [5.41, 5.74) is 6.45. The summed E-state index contributed by atoms with van der Waals surface area (Å²) in [4.78, 5) is 0. The van der Waals surface area contributed by atoms with E-state index < -0.39 is 0 Å². The van der Waals surface area contributed by atoms with Crippen molar-refractivity contribution in [2.45, 2.75) is 26.7 Å². The van der Waals surface area contributed by atoms with Gasteiger partial charge in [-0.25, -0.2) is 0 Å². The Morgan fingerprint density at radius 1 is 0.692 bits per heavy atom. The average Bonchev–Trinajstić information content (AvgIpc) is 2.68. The molecule has 126 valence electrons. The first-order valence-corrected chi connectivity index (χ1v) is 8.87.